The van der Waals surface area contributed by atoms with Crippen molar-refractivity contribution in [2.24, 2.45) is 11.8 Å². The van der Waals surface area contributed by atoms with Gasteiger partial charge >= 0.3 is 5.97 Å². The number of aromatic nitrogens is 3. The van der Waals surface area contributed by atoms with Gasteiger partial charge in [0.2, 0.25) is 0 Å². The Labute approximate surface area is 111 Å². The van der Waals surface area contributed by atoms with Gasteiger partial charge in [0.05, 0.1) is 6.20 Å². The molecular formula is C12H18N4O3. The minimum absolute atomic E-state index is 0.160. The zero-order valence-corrected chi connectivity index (χ0v) is 10.9. The molecule has 7 nitrogen and oxygen atoms in total. The van der Waals surface area contributed by atoms with E-state index in [1.807, 2.05) is 0 Å². The normalized spacial score (nSPS) is 22.4. The van der Waals surface area contributed by atoms with E-state index in [4.69, 9.17) is 5.11 Å². The zero-order chi connectivity index (χ0) is 13.8. The lowest BCUT2D eigenvalue weighted by Crippen LogP contribution is -2.28. The standard InChI is InChI=1S/C12H18N4O3/c1-8-2-3-9(4-8)5-13-12(19)10-6-16(15-14-10)7-11(17)18/h6,8-9H,2-5,7H2,1H3,(H,13,19)(H,17,18). The third-order valence-corrected chi connectivity index (χ3v) is 3.42. The van der Waals surface area contributed by atoms with Gasteiger partial charge in [-0.15, -0.1) is 5.10 Å². The number of carboxylic acids is 1. The number of hydrogen-bond donors (Lipinski definition) is 2. The van der Waals surface area contributed by atoms with Crippen molar-refractivity contribution in [1.82, 2.24) is 20.3 Å². The molecule has 1 aromatic rings. The van der Waals surface area contributed by atoms with Crippen molar-refractivity contribution < 1.29 is 14.7 Å². The summed E-state index contributed by atoms with van der Waals surface area (Å²) in [5.41, 5.74) is 0.160. The summed E-state index contributed by atoms with van der Waals surface area (Å²) < 4.78 is 1.13. The van der Waals surface area contributed by atoms with Crippen LogP contribution in [0.5, 0.6) is 0 Å². The number of carboxylic acid groups (broad SMARTS) is 1. The average molecular weight is 266 g/mol. The van der Waals surface area contributed by atoms with Gasteiger partial charge in [-0.05, 0) is 24.7 Å². The number of amides is 1. The molecule has 1 heterocycles. The lowest BCUT2D eigenvalue weighted by molar-refractivity contribution is -0.137. The van der Waals surface area contributed by atoms with E-state index < -0.39 is 5.97 Å². The lowest BCUT2D eigenvalue weighted by Gasteiger charge is -2.09. The maximum Gasteiger partial charge on any atom is 0.325 e. The molecule has 2 rings (SSSR count). The van der Waals surface area contributed by atoms with Crippen LogP contribution < -0.4 is 5.32 Å². The number of nitrogens with one attached hydrogen (secondary N) is 1. The van der Waals surface area contributed by atoms with Crippen LogP contribution in [0, 0.1) is 11.8 Å². The second kappa shape index (κ2) is 5.81. The maximum atomic E-state index is 11.8. The van der Waals surface area contributed by atoms with Crippen molar-refractivity contribution in [3.8, 4) is 0 Å². The number of carbonyl (C=O) groups excluding carboxylic acids is 1. The quantitative estimate of drug-likeness (QED) is 0.810. The van der Waals surface area contributed by atoms with Crippen molar-refractivity contribution in [2.45, 2.75) is 32.7 Å². The molecule has 1 aliphatic carbocycles. The van der Waals surface area contributed by atoms with E-state index in [0.29, 0.717) is 12.5 Å². The van der Waals surface area contributed by atoms with Gasteiger partial charge in [0.1, 0.15) is 6.54 Å². The van der Waals surface area contributed by atoms with E-state index in [1.54, 1.807) is 0 Å². The van der Waals surface area contributed by atoms with Gasteiger partial charge in [-0.1, -0.05) is 18.6 Å². The van der Waals surface area contributed by atoms with E-state index in [9.17, 15) is 9.59 Å². The number of rotatable bonds is 5. The highest BCUT2D eigenvalue weighted by atomic mass is 16.4. The summed E-state index contributed by atoms with van der Waals surface area (Å²) in [4.78, 5) is 22.3. The Balaban J connectivity index is 1.82. The summed E-state index contributed by atoms with van der Waals surface area (Å²) >= 11 is 0. The Hall–Kier alpha value is -1.92. The largest absolute Gasteiger partial charge is 0.480 e. The van der Waals surface area contributed by atoms with E-state index in [2.05, 4.69) is 22.6 Å². The maximum absolute atomic E-state index is 11.8. The van der Waals surface area contributed by atoms with Gasteiger partial charge < -0.3 is 10.4 Å². The molecule has 2 unspecified atom stereocenters. The van der Waals surface area contributed by atoms with E-state index in [1.165, 1.54) is 12.6 Å². The van der Waals surface area contributed by atoms with Gasteiger partial charge in [0.25, 0.3) is 5.91 Å². The summed E-state index contributed by atoms with van der Waals surface area (Å²) in [6.07, 6.45) is 4.86. The molecule has 2 atom stereocenters. The van der Waals surface area contributed by atoms with Crippen LogP contribution in [0.3, 0.4) is 0 Å². The molecule has 0 radical (unpaired) electrons. The summed E-state index contributed by atoms with van der Waals surface area (Å²) in [6.45, 7) is 2.58. The minimum Gasteiger partial charge on any atom is -0.480 e. The smallest absolute Gasteiger partial charge is 0.325 e. The van der Waals surface area contributed by atoms with Crippen LogP contribution in [0.15, 0.2) is 6.20 Å². The van der Waals surface area contributed by atoms with Gasteiger partial charge in [0, 0.05) is 6.54 Å². The molecule has 19 heavy (non-hydrogen) atoms. The molecule has 0 saturated heterocycles. The Morgan fingerprint density at radius 3 is 2.95 bits per heavy atom. The summed E-state index contributed by atoms with van der Waals surface area (Å²) in [5, 5.41) is 18.7. The van der Waals surface area contributed by atoms with E-state index in [0.717, 1.165) is 23.4 Å². The molecule has 0 aromatic carbocycles. The van der Waals surface area contributed by atoms with Crippen LogP contribution in [-0.2, 0) is 11.3 Å². The molecule has 0 spiro atoms. The molecule has 1 saturated carbocycles. The first-order valence-corrected chi connectivity index (χ1v) is 6.44. The number of carbonyl (C=O) groups is 2. The second-order valence-electron chi connectivity index (χ2n) is 5.19. The predicted octanol–water partition coefficient (Wildman–Crippen LogP) is 0.529. The molecule has 1 fully saturated rings. The fraction of sp³-hybridized carbons (Fsp3) is 0.667. The second-order valence-corrected chi connectivity index (χ2v) is 5.19. The SMILES string of the molecule is CC1CCC(CNC(=O)c2cn(CC(=O)O)nn2)C1. The first-order chi connectivity index (χ1) is 9.04. The van der Waals surface area contributed by atoms with Crippen LogP contribution in [0.4, 0.5) is 0 Å². The first kappa shape index (κ1) is 13.5. The van der Waals surface area contributed by atoms with Crippen LogP contribution in [0.25, 0.3) is 0 Å². The van der Waals surface area contributed by atoms with Gasteiger partial charge in [-0.2, -0.15) is 0 Å². The first-order valence-electron chi connectivity index (χ1n) is 6.44. The predicted molar refractivity (Wildman–Crippen MR) is 66.5 cm³/mol. The zero-order valence-electron chi connectivity index (χ0n) is 10.9. The molecule has 2 N–H and O–H groups in total. The summed E-state index contributed by atoms with van der Waals surface area (Å²) in [5.74, 6) is -0.0423. The molecule has 104 valence electrons. The number of aliphatic carboxylic acids is 1. The highest BCUT2D eigenvalue weighted by Crippen LogP contribution is 2.29. The minimum atomic E-state index is -1.02. The Kier molecular flexibility index (Phi) is 4.13. The molecule has 0 bridgehead atoms. The Bertz CT molecular complexity index is 471. The number of nitrogens with zero attached hydrogens (tertiary/aromatic N) is 3. The Morgan fingerprint density at radius 1 is 1.53 bits per heavy atom. The third kappa shape index (κ3) is 3.77. The molecule has 1 aliphatic rings. The number of hydrogen-bond acceptors (Lipinski definition) is 4. The molecule has 1 amide bonds. The lowest BCUT2D eigenvalue weighted by atomic mass is 10.1. The van der Waals surface area contributed by atoms with Crippen molar-refractivity contribution in [2.75, 3.05) is 6.54 Å². The topological polar surface area (TPSA) is 97.1 Å². The molecule has 1 aromatic heterocycles. The van der Waals surface area contributed by atoms with Crippen LogP contribution in [0.2, 0.25) is 0 Å². The summed E-state index contributed by atoms with van der Waals surface area (Å²) in [6, 6.07) is 0. The third-order valence-electron chi connectivity index (χ3n) is 3.42. The van der Waals surface area contributed by atoms with Crippen molar-refractivity contribution >= 4 is 11.9 Å². The van der Waals surface area contributed by atoms with E-state index >= 15 is 0 Å². The van der Waals surface area contributed by atoms with E-state index in [-0.39, 0.29) is 18.1 Å². The fourth-order valence-electron chi connectivity index (χ4n) is 2.46. The molecular weight excluding hydrogens is 248 g/mol. The van der Waals surface area contributed by atoms with Crippen LogP contribution in [-0.4, -0.2) is 38.5 Å². The molecule has 7 heteroatoms. The van der Waals surface area contributed by atoms with Crippen LogP contribution in [0.1, 0.15) is 36.7 Å². The van der Waals surface area contributed by atoms with Crippen molar-refractivity contribution in [1.29, 1.82) is 0 Å². The monoisotopic (exact) mass is 266 g/mol. The van der Waals surface area contributed by atoms with Gasteiger partial charge in [0.15, 0.2) is 5.69 Å². The van der Waals surface area contributed by atoms with Crippen LogP contribution >= 0.6 is 0 Å². The highest BCUT2D eigenvalue weighted by molar-refractivity contribution is 5.91. The van der Waals surface area contributed by atoms with Gasteiger partial charge in [-0.3, -0.25) is 9.59 Å². The fourth-order valence-corrected chi connectivity index (χ4v) is 2.46. The molecule has 0 aliphatic heterocycles. The van der Waals surface area contributed by atoms with Crippen molar-refractivity contribution in [3.05, 3.63) is 11.9 Å². The van der Waals surface area contributed by atoms with Crippen molar-refractivity contribution in [3.63, 3.8) is 0 Å². The van der Waals surface area contributed by atoms with Gasteiger partial charge in [-0.25, -0.2) is 4.68 Å². The average Bonchev–Trinajstić information content (AvgIpc) is 2.95. The Morgan fingerprint density at radius 2 is 2.32 bits per heavy atom. The highest BCUT2D eigenvalue weighted by Gasteiger charge is 2.22. The summed E-state index contributed by atoms with van der Waals surface area (Å²) in [7, 11) is 0.